The van der Waals surface area contributed by atoms with E-state index in [9.17, 15) is 4.79 Å². The highest BCUT2D eigenvalue weighted by Gasteiger charge is 2.33. The number of nitrogens with zero attached hydrogens (tertiary/aromatic N) is 4. The molecular formula is C21H28N4O. The van der Waals surface area contributed by atoms with Crippen molar-refractivity contribution in [1.82, 2.24) is 19.7 Å². The van der Waals surface area contributed by atoms with Crippen LogP contribution in [0.2, 0.25) is 0 Å². The van der Waals surface area contributed by atoms with Gasteiger partial charge in [-0.1, -0.05) is 13.0 Å². The van der Waals surface area contributed by atoms with E-state index in [1.807, 2.05) is 24.0 Å². The molecule has 26 heavy (non-hydrogen) atoms. The summed E-state index contributed by atoms with van der Waals surface area (Å²) in [6.45, 7) is 10.0. The predicted octanol–water partition coefficient (Wildman–Crippen LogP) is 2.18. The van der Waals surface area contributed by atoms with E-state index in [4.69, 9.17) is 0 Å². The highest BCUT2D eigenvalue weighted by atomic mass is 16.2. The molecule has 0 radical (unpaired) electrons. The summed E-state index contributed by atoms with van der Waals surface area (Å²) in [5.41, 5.74) is 3.87. The van der Waals surface area contributed by atoms with Crippen LogP contribution in [0.15, 0.2) is 24.3 Å². The summed E-state index contributed by atoms with van der Waals surface area (Å²) in [4.78, 5) is 25.0. The molecule has 138 valence electrons. The molecule has 5 heteroatoms. The van der Waals surface area contributed by atoms with Gasteiger partial charge in [0.2, 0.25) is 0 Å². The molecule has 0 N–H and O–H groups in total. The number of aryl methyl sites for hydroxylation is 2. The second-order valence-corrected chi connectivity index (χ2v) is 7.72. The van der Waals surface area contributed by atoms with Crippen molar-refractivity contribution >= 4 is 16.8 Å². The Kier molecular flexibility index (Phi) is 4.67. The third kappa shape index (κ3) is 3.21. The molecule has 0 aliphatic carbocycles. The molecule has 2 fully saturated rings. The van der Waals surface area contributed by atoms with E-state index in [0.717, 1.165) is 67.8 Å². The van der Waals surface area contributed by atoms with Crippen LogP contribution in [0.3, 0.4) is 0 Å². The molecule has 1 aromatic carbocycles. The maximum absolute atomic E-state index is 13.4. The van der Waals surface area contributed by atoms with Crippen molar-refractivity contribution < 1.29 is 4.79 Å². The molecule has 4 rings (SSSR count). The number of likely N-dealkylation sites (N-methyl/N-ethyl adjacent to an activating group) is 1. The van der Waals surface area contributed by atoms with Crippen LogP contribution >= 0.6 is 0 Å². The highest BCUT2D eigenvalue weighted by molar-refractivity contribution is 6.06. The van der Waals surface area contributed by atoms with E-state index in [1.165, 1.54) is 5.56 Å². The van der Waals surface area contributed by atoms with Crippen LogP contribution in [0.1, 0.15) is 28.5 Å². The zero-order valence-electron chi connectivity index (χ0n) is 16.0. The number of rotatable bonds is 2. The number of hydrogen-bond acceptors (Lipinski definition) is 4. The van der Waals surface area contributed by atoms with Crippen LogP contribution in [-0.4, -0.2) is 77.9 Å². The molecule has 1 aromatic heterocycles. The third-order valence-corrected chi connectivity index (χ3v) is 5.82. The summed E-state index contributed by atoms with van der Waals surface area (Å²) >= 11 is 0. The number of carbonyl (C=O) groups is 1. The van der Waals surface area contributed by atoms with Gasteiger partial charge < -0.3 is 9.80 Å². The van der Waals surface area contributed by atoms with Crippen molar-refractivity contribution in [3.8, 4) is 0 Å². The smallest absolute Gasteiger partial charge is 0.254 e. The minimum Gasteiger partial charge on any atom is -0.336 e. The minimum atomic E-state index is 0.154. The van der Waals surface area contributed by atoms with Crippen molar-refractivity contribution in [3.63, 3.8) is 0 Å². The normalized spacial score (nSPS) is 21.8. The standard InChI is InChI=1S/C21H28N4O/c1-4-16-5-6-20-18(12-16)19(11-15(2)22-20)21(26)25-10-9-24-8-7-23(3)13-17(24)14-25/h5-6,11-12,17H,4,7-10,13-14H2,1-3H3/t17-/m1/s1. The second kappa shape index (κ2) is 6.97. The molecule has 0 saturated carbocycles. The van der Waals surface area contributed by atoms with Gasteiger partial charge >= 0.3 is 0 Å². The number of benzene rings is 1. The number of fused-ring (bicyclic) bond motifs is 2. The molecule has 1 atom stereocenters. The second-order valence-electron chi connectivity index (χ2n) is 7.72. The topological polar surface area (TPSA) is 39.7 Å². The van der Waals surface area contributed by atoms with Crippen LogP contribution in [-0.2, 0) is 6.42 Å². The van der Waals surface area contributed by atoms with Gasteiger partial charge in [0.15, 0.2) is 0 Å². The van der Waals surface area contributed by atoms with Gasteiger partial charge in [-0.05, 0) is 44.2 Å². The van der Waals surface area contributed by atoms with Gasteiger partial charge in [0, 0.05) is 56.4 Å². The lowest BCUT2D eigenvalue weighted by atomic mass is 10.0. The Bertz CT molecular complexity index is 834. The first-order chi connectivity index (χ1) is 12.5. The lowest BCUT2D eigenvalue weighted by molar-refractivity contribution is 0.0191. The molecule has 2 aliphatic rings. The van der Waals surface area contributed by atoms with Crippen LogP contribution in [0.5, 0.6) is 0 Å². The van der Waals surface area contributed by atoms with E-state index < -0.39 is 0 Å². The van der Waals surface area contributed by atoms with E-state index >= 15 is 0 Å². The molecule has 2 aliphatic heterocycles. The van der Waals surface area contributed by atoms with Gasteiger partial charge in [-0.25, -0.2) is 0 Å². The van der Waals surface area contributed by atoms with Gasteiger partial charge in [-0.2, -0.15) is 0 Å². The first-order valence-electron chi connectivity index (χ1n) is 9.67. The summed E-state index contributed by atoms with van der Waals surface area (Å²) in [5, 5.41) is 0.989. The molecule has 2 aromatic rings. The Hall–Kier alpha value is -1.98. The Labute approximate surface area is 155 Å². The fourth-order valence-corrected chi connectivity index (χ4v) is 4.27. The molecule has 3 heterocycles. The van der Waals surface area contributed by atoms with Crippen molar-refractivity contribution in [2.75, 3.05) is 46.3 Å². The Morgan fingerprint density at radius 2 is 1.96 bits per heavy atom. The zero-order chi connectivity index (χ0) is 18.3. The predicted molar refractivity (Wildman–Crippen MR) is 105 cm³/mol. The summed E-state index contributed by atoms with van der Waals surface area (Å²) in [6, 6.07) is 8.71. The number of pyridine rings is 1. The number of aromatic nitrogens is 1. The molecule has 0 bridgehead atoms. The zero-order valence-corrected chi connectivity index (χ0v) is 16.0. The molecule has 0 spiro atoms. The fourth-order valence-electron chi connectivity index (χ4n) is 4.27. The Balaban J connectivity index is 1.65. The monoisotopic (exact) mass is 352 g/mol. The Morgan fingerprint density at radius 3 is 2.77 bits per heavy atom. The number of amides is 1. The summed E-state index contributed by atoms with van der Waals surface area (Å²) in [7, 11) is 2.17. The van der Waals surface area contributed by atoms with E-state index in [0.29, 0.717) is 6.04 Å². The van der Waals surface area contributed by atoms with Crippen molar-refractivity contribution in [1.29, 1.82) is 0 Å². The van der Waals surface area contributed by atoms with Gasteiger partial charge in [0.25, 0.3) is 5.91 Å². The Morgan fingerprint density at radius 1 is 1.15 bits per heavy atom. The average molecular weight is 352 g/mol. The first kappa shape index (κ1) is 17.4. The summed E-state index contributed by atoms with van der Waals surface area (Å²) < 4.78 is 0. The average Bonchev–Trinajstić information content (AvgIpc) is 2.65. The van der Waals surface area contributed by atoms with Gasteiger partial charge in [-0.3, -0.25) is 14.7 Å². The van der Waals surface area contributed by atoms with Gasteiger partial charge in [-0.15, -0.1) is 0 Å². The maximum atomic E-state index is 13.4. The van der Waals surface area contributed by atoms with Crippen LogP contribution in [0.4, 0.5) is 0 Å². The van der Waals surface area contributed by atoms with Crippen LogP contribution < -0.4 is 0 Å². The summed E-state index contributed by atoms with van der Waals surface area (Å²) in [5.74, 6) is 0.154. The van der Waals surface area contributed by atoms with Crippen molar-refractivity contribution in [2.24, 2.45) is 0 Å². The number of carbonyl (C=O) groups excluding carboxylic acids is 1. The molecule has 2 saturated heterocycles. The quantitative estimate of drug-likeness (QED) is 0.831. The minimum absolute atomic E-state index is 0.154. The van der Waals surface area contributed by atoms with Gasteiger partial charge in [0.05, 0.1) is 11.1 Å². The molecular weight excluding hydrogens is 324 g/mol. The maximum Gasteiger partial charge on any atom is 0.254 e. The summed E-state index contributed by atoms with van der Waals surface area (Å²) in [6.07, 6.45) is 0.963. The van der Waals surface area contributed by atoms with Crippen LogP contribution in [0, 0.1) is 6.92 Å². The number of hydrogen-bond donors (Lipinski definition) is 0. The van der Waals surface area contributed by atoms with E-state index in [-0.39, 0.29) is 5.91 Å². The molecule has 0 unspecified atom stereocenters. The molecule has 1 amide bonds. The largest absolute Gasteiger partial charge is 0.336 e. The fraction of sp³-hybridized carbons (Fsp3) is 0.524. The van der Waals surface area contributed by atoms with E-state index in [2.05, 4.69) is 40.9 Å². The van der Waals surface area contributed by atoms with E-state index in [1.54, 1.807) is 0 Å². The van der Waals surface area contributed by atoms with Crippen molar-refractivity contribution in [2.45, 2.75) is 26.3 Å². The molecule has 5 nitrogen and oxygen atoms in total. The number of piperazine rings is 2. The lowest BCUT2D eigenvalue weighted by Gasteiger charge is -2.46. The lowest BCUT2D eigenvalue weighted by Crippen LogP contribution is -2.62. The van der Waals surface area contributed by atoms with Crippen LogP contribution in [0.25, 0.3) is 10.9 Å². The third-order valence-electron chi connectivity index (χ3n) is 5.82. The first-order valence-corrected chi connectivity index (χ1v) is 9.67. The SMILES string of the molecule is CCc1ccc2nc(C)cc(C(=O)N3CCN4CCN(C)C[C@@H]4C3)c2c1. The van der Waals surface area contributed by atoms with Crippen molar-refractivity contribution in [3.05, 3.63) is 41.1 Å². The highest BCUT2D eigenvalue weighted by Crippen LogP contribution is 2.24. The van der Waals surface area contributed by atoms with Gasteiger partial charge in [0.1, 0.15) is 0 Å².